The fourth-order valence-electron chi connectivity index (χ4n) is 3.33. The van der Waals surface area contributed by atoms with Gasteiger partial charge < -0.3 is 14.7 Å². The number of nitrogens with one attached hydrogen (secondary N) is 1. The maximum atomic E-state index is 12.6. The van der Waals surface area contributed by atoms with Crippen LogP contribution in [0.25, 0.3) is 11.4 Å². The Morgan fingerprint density at radius 3 is 2.86 bits per heavy atom. The number of aromatic nitrogens is 2. The van der Waals surface area contributed by atoms with E-state index >= 15 is 0 Å². The summed E-state index contributed by atoms with van der Waals surface area (Å²) in [6, 6.07) is 14.7. The highest BCUT2D eigenvalue weighted by Crippen LogP contribution is 2.28. The molecule has 3 aromatic rings. The highest BCUT2D eigenvalue weighted by atomic mass is 35.5. The highest BCUT2D eigenvalue weighted by Gasteiger charge is 2.35. The third-order valence-corrected chi connectivity index (χ3v) is 5.22. The van der Waals surface area contributed by atoms with Gasteiger partial charge in [0.05, 0.1) is 5.92 Å². The van der Waals surface area contributed by atoms with Crippen molar-refractivity contribution in [3.8, 4) is 11.4 Å². The summed E-state index contributed by atoms with van der Waals surface area (Å²) in [5, 5.41) is 7.39. The molecule has 0 unspecified atom stereocenters. The first-order valence-corrected chi connectivity index (χ1v) is 9.61. The molecule has 0 saturated carbocycles. The van der Waals surface area contributed by atoms with Gasteiger partial charge >= 0.3 is 0 Å². The summed E-state index contributed by atoms with van der Waals surface area (Å²) < 4.78 is 5.02. The minimum absolute atomic E-state index is 0.0932. The molecule has 2 heterocycles. The average molecular weight is 411 g/mol. The van der Waals surface area contributed by atoms with Gasteiger partial charge in [-0.3, -0.25) is 9.59 Å². The zero-order valence-electron chi connectivity index (χ0n) is 15.8. The zero-order chi connectivity index (χ0) is 20.4. The molecule has 148 valence electrons. The Bertz CT molecular complexity index is 1070. The molecule has 0 radical (unpaired) electrons. The van der Waals surface area contributed by atoms with Crippen molar-refractivity contribution in [1.29, 1.82) is 0 Å². The molecule has 0 bridgehead atoms. The van der Waals surface area contributed by atoms with Crippen LogP contribution in [0.3, 0.4) is 0 Å². The molecule has 8 heteroatoms. The Balaban J connectivity index is 1.44. The Morgan fingerprint density at radius 2 is 2.10 bits per heavy atom. The van der Waals surface area contributed by atoms with E-state index < -0.39 is 5.92 Å². The number of carbonyl (C=O) groups is 2. The van der Waals surface area contributed by atoms with Crippen molar-refractivity contribution in [2.45, 2.75) is 19.9 Å². The third-order valence-electron chi connectivity index (χ3n) is 4.85. The first-order chi connectivity index (χ1) is 14.0. The number of amides is 2. The first-order valence-electron chi connectivity index (χ1n) is 9.23. The molecule has 1 aliphatic rings. The minimum atomic E-state index is -0.416. The zero-order valence-corrected chi connectivity index (χ0v) is 16.5. The predicted molar refractivity (Wildman–Crippen MR) is 108 cm³/mol. The SMILES string of the molecule is Cc1nc(-c2cccc(N3C[C@@H](C(=O)NCc4ccccc4Cl)CC3=O)c2)no1. The van der Waals surface area contributed by atoms with Crippen LogP contribution >= 0.6 is 11.6 Å². The standard InChI is InChI=1S/C21H19ClN4O3/c1-13-24-20(25-29-13)14-6-4-7-17(9-14)26-12-16(10-19(26)27)21(28)23-11-15-5-2-3-8-18(15)22/h2-9,16H,10-12H2,1H3,(H,23,28)/t16-/m0/s1. The van der Waals surface area contributed by atoms with Crippen LogP contribution in [0.15, 0.2) is 53.1 Å². The van der Waals surface area contributed by atoms with Gasteiger partial charge in [-0.15, -0.1) is 0 Å². The number of aryl methyl sites for hydroxylation is 1. The second kappa shape index (κ2) is 8.05. The van der Waals surface area contributed by atoms with Crippen molar-refractivity contribution in [2.75, 3.05) is 11.4 Å². The van der Waals surface area contributed by atoms with E-state index in [0.717, 1.165) is 11.1 Å². The number of anilines is 1. The molecule has 2 aromatic carbocycles. The third kappa shape index (κ3) is 4.14. The summed E-state index contributed by atoms with van der Waals surface area (Å²) in [7, 11) is 0. The Kier molecular flexibility index (Phi) is 5.31. The van der Waals surface area contributed by atoms with E-state index in [4.69, 9.17) is 16.1 Å². The fraction of sp³-hybridized carbons (Fsp3) is 0.238. The molecule has 0 spiro atoms. The summed E-state index contributed by atoms with van der Waals surface area (Å²) >= 11 is 6.13. The van der Waals surface area contributed by atoms with Crippen molar-refractivity contribution < 1.29 is 14.1 Å². The lowest BCUT2D eigenvalue weighted by atomic mass is 10.1. The summed E-state index contributed by atoms with van der Waals surface area (Å²) in [5.74, 6) is 0.263. The van der Waals surface area contributed by atoms with Crippen molar-refractivity contribution in [3.63, 3.8) is 0 Å². The molecule has 1 aromatic heterocycles. The summed E-state index contributed by atoms with van der Waals surface area (Å²) in [4.78, 5) is 31.0. The number of nitrogens with zero attached hydrogens (tertiary/aromatic N) is 3. The number of hydrogen-bond donors (Lipinski definition) is 1. The maximum absolute atomic E-state index is 12.6. The van der Waals surface area contributed by atoms with Crippen LogP contribution in [-0.2, 0) is 16.1 Å². The topological polar surface area (TPSA) is 88.3 Å². The Labute approximate surface area is 172 Å². The van der Waals surface area contributed by atoms with Gasteiger partial charge in [-0.2, -0.15) is 4.98 Å². The van der Waals surface area contributed by atoms with Gasteiger partial charge in [-0.1, -0.05) is 47.1 Å². The Hall–Kier alpha value is -3.19. The van der Waals surface area contributed by atoms with Crippen LogP contribution < -0.4 is 10.2 Å². The monoisotopic (exact) mass is 410 g/mol. The molecule has 7 nitrogen and oxygen atoms in total. The lowest BCUT2D eigenvalue weighted by Crippen LogP contribution is -2.32. The van der Waals surface area contributed by atoms with Gasteiger partial charge in [-0.25, -0.2) is 0 Å². The van der Waals surface area contributed by atoms with Gasteiger partial charge in [0.15, 0.2) is 0 Å². The van der Waals surface area contributed by atoms with Crippen molar-refractivity contribution >= 4 is 29.1 Å². The van der Waals surface area contributed by atoms with E-state index in [9.17, 15) is 9.59 Å². The van der Waals surface area contributed by atoms with Crippen LogP contribution in [0.2, 0.25) is 5.02 Å². The van der Waals surface area contributed by atoms with Crippen LogP contribution in [-0.4, -0.2) is 28.5 Å². The molecule has 1 N–H and O–H groups in total. The predicted octanol–water partition coefficient (Wildman–Crippen LogP) is 3.37. The van der Waals surface area contributed by atoms with E-state index in [-0.39, 0.29) is 18.2 Å². The van der Waals surface area contributed by atoms with Crippen LogP contribution in [0.5, 0.6) is 0 Å². The first kappa shape index (κ1) is 19.1. The molecule has 1 aliphatic heterocycles. The quantitative estimate of drug-likeness (QED) is 0.696. The molecule has 29 heavy (non-hydrogen) atoms. The second-order valence-electron chi connectivity index (χ2n) is 6.90. The fourth-order valence-corrected chi connectivity index (χ4v) is 3.53. The van der Waals surface area contributed by atoms with Gasteiger partial charge in [-0.05, 0) is 23.8 Å². The van der Waals surface area contributed by atoms with Gasteiger partial charge in [0.25, 0.3) is 0 Å². The molecule has 1 fully saturated rings. The van der Waals surface area contributed by atoms with Crippen LogP contribution in [0.4, 0.5) is 5.69 Å². The number of rotatable bonds is 5. The van der Waals surface area contributed by atoms with E-state index in [0.29, 0.717) is 35.5 Å². The highest BCUT2D eigenvalue weighted by molar-refractivity contribution is 6.31. The smallest absolute Gasteiger partial charge is 0.227 e. The van der Waals surface area contributed by atoms with Gasteiger partial charge in [0, 0.05) is 42.7 Å². The van der Waals surface area contributed by atoms with E-state index in [1.807, 2.05) is 42.5 Å². The van der Waals surface area contributed by atoms with E-state index in [1.54, 1.807) is 17.9 Å². The number of benzene rings is 2. The van der Waals surface area contributed by atoms with Crippen molar-refractivity contribution in [3.05, 3.63) is 65.0 Å². The van der Waals surface area contributed by atoms with Gasteiger partial charge in [0.2, 0.25) is 23.5 Å². The Morgan fingerprint density at radius 1 is 1.28 bits per heavy atom. The van der Waals surface area contributed by atoms with E-state index in [1.165, 1.54) is 0 Å². The maximum Gasteiger partial charge on any atom is 0.227 e. The molecule has 2 amide bonds. The summed E-state index contributed by atoms with van der Waals surface area (Å²) in [6.07, 6.45) is 0.167. The average Bonchev–Trinajstić information content (AvgIpc) is 3.33. The minimum Gasteiger partial charge on any atom is -0.352 e. The largest absolute Gasteiger partial charge is 0.352 e. The molecule has 4 rings (SSSR count). The van der Waals surface area contributed by atoms with E-state index in [2.05, 4.69) is 15.5 Å². The summed E-state index contributed by atoms with van der Waals surface area (Å²) in [5.41, 5.74) is 2.29. The van der Waals surface area contributed by atoms with Crippen molar-refractivity contribution in [2.24, 2.45) is 5.92 Å². The molecular weight excluding hydrogens is 392 g/mol. The lowest BCUT2D eigenvalue weighted by molar-refractivity contribution is -0.126. The van der Waals surface area contributed by atoms with Gasteiger partial charge in [0.1, 0.15) is 0 Å². The summed E-state index contributed by atoms with van der Waals surface area (Å²) in [6.45, 7) is 2.37. The van der Waals surface area contributed by atoms with Crippen LogP contribution in [0, 0.1) is 12.8 Å². The second-order valence-corrected chi connectivity index (χ2v) is 7.31. The normalized spacial score (nSPS) is 16.3. The number of hydrogen-bond acceptors (Lipinski definition) is 5. The molecule has 0 aliphatic carbocycles. The van der Waals surface area contributed by atoms with Crippen molar-refractivity contribution in [1.82, 2.24) is 15.5 Å². The molecular formula is C21H19ClN4O3. The number of carbonyl (C=O) groups excluding carboxylic acids is 2. The molecule has 1 saturated heterocycles. The molecule has 1 atom stereocenters. The number of halogens is 1. The van der Waals surface area contributed by atoms with Crippen LogP contribution in [0.1, 0.15) is 17.9 Å². The lowest BCUT2D eigenvalue weighted by Gasteiger charge is -2.17.